The molecule has 132 valence electrons. The molecule has 25 heavy (non-hydrogen) atoms. The van der Waals surface area contributed by atoms with E-state index in [1.807, 2.05) is 24.3 Å². The van der Waals surface area contributed by atoms with Crippen LogP contribution in [0.1, 0.15) is 18.4 Å². The van der Waals surface area contributed by atoms with Crippen LogP contribution in [0.15, 0.2) is 48.8 Å². The van der Waals surface area contributed by atoms with Gasteiger partial charge in [-0.25, -0.2) is 0 Å². The summed E-state index contributed by atoms with van der Waals surface area (Å²) in [6.45, 7) is 2.33. The standard InChI is InChI=1S/C19H23N3O2S/c1-23-17-8-6-15(7-9-17)13-22(14-18-5-3-11-24-18)19(25)21-16-4-2-10-20-12-16/h2,4,6-10,12,18H,3,5,11,13-14H2,1H3,(H,21,25)/t18-/m0/s1. The van der Waals surface area contributed by atoms with E-state index in [4.69, 9.17) is 21.7 Å². The highest BCUT2D eigenvalue weighted by Gasteiger charge is 2.21. The second-order valence-electron chi connectivity index (χ2n) is 6.04. The van der Waals surface area contributed by atoms with Crippen LogP contribution in [0.5, 0.6) is 5.75 Å². The van der Waals surface area contributed by atoms with Gasteiger partial charge < -0.3 is 19.7 Å². The van der Waals surface area contributed by atoms with Crippen molar-refractivity contribution in [3.63, 3.8) is 0 Å². The molecule has 2 heterocycles. The van der Waals surface area contributed by atoms with Crippen molar-refractivity contribution in [2.75, 3.05) is 25.6 Å². The van der Waals surface area contributed by atoms with Gasteiger partial charge in [-0.3, -0.25) is 4.98 Å². The molecule has 1 fully saturated rings. The van der Waals surface area contributed by atoms with Crippen LogP contribution in [-0.4, -0.2) is 41.4 Å². The predicted molar refractivity (Wildman–Crippen MR) is 103 cm³/mol. The molecule has 1 atom stereocenters. The van der Waals surface area contributed by atoms with Gasteiger partial charge in [0, 0.05) is 25.9 Å². The summed E-state index contributed by atoms with van der Waals surface area (Å²) in [5, 5.41) is 3.95. The van der Waals surface area contributed by atoms with Crippen molar-refractivity contribution in [2.24, 2.45) is 0 Å². The zero-order chi connectivity index (χ0) is 17.5. The van der Waals surface area contributed by atoms with Crippen LogP contribution < -0.4 is 10.1 Å². The third-order valence-corrected chi connectivity index (χ3v) is 4.54. The van der Waals surface area contributed by atoms with Crippen molar-refractivity contribution < 1.29 is 9.47 Å². The molecule has 0 amide bonds. The maximum Gasteiger partial charge on any atom is 0.173 e. The third kappa shape index (κ3) is 5.14. The van der Waals surface area contributed by atoms with Crippen molar-refractivity contribution in [3.8, 4) is 5.75 Å². The molecule has 0 spiro atoms. The zero-order valence-electron chi connectivity index (χ0n) is 14.4. The van der Waals surface area contributed by atoms with Crippen LogP contribution in [0.4, 0.5) is 5.69 Å². The normalized spacial score (nSPS) is 16.4. The van der Waals surface area contributed by atoms with E-state index < -0.39 is 0 Å². The molecule has 5 nitrogen and oxygen atoms in total. The average molecular weight is 357 g/mol. The molecule has 0 saturated carbocycles. The van der Waals surface area contributed by atoms with E-state index in [0.29, 0.717) is 5.11 Å². The molecule has 0 radical (unpaired) electrons. The number of nitrogens with zero attached hydrogens (tertiary/aromatic N) is 2. The summed E-state index contributed by atoms with van der Waals surface area (Å²) in [6.07, 6.45) is 5.94. The van der Waals surface area contributed by atoms with Crippen molar-refractivity contribution in [2.45, 2.75) is 25.5 Å². The van der Waals surface area contributed by atoms with Gasteiger partial charge in [0.05, 0.1) is 25.1 Å². The molecule has 0 bridgehead atoms. The summed E-state index contributed by atoms with van der Waals surface area (Å²) >= 11 is 5.65. The molecule has 1 N–H and O–H groups in total. The molecule has 0 unspecified atom stereocenters. The number of hydrogen-bond acceptors (Lipinski definition) is 4. The van der Waals surface area contributed by atoms with Gasteiger partial charge in [-0.15, -0.1) is 0 Å². The van der Waals surface area contributed by atoms with E-state index in [1.54, 1.807) is 19.5 Å². The van der Waals surface area contributed by atoms with Gasteiger partial charge in [0.2, 0.25) is 0 Å². The molecular formula is C19H23N3O2S. The minimum Gasteiger partial charge on any atom is -0.497 e. The number of anilines is 1. The first-order valence-corrected chi connectivity index (χ1v) is 8.86. The lowest BCUT2D eigenvalue weighted by molar-refractivity contribution is 0.0905. The highest BCUT2D eigenvalue weighted by atomic mass is 32.1. The molecule has 6 heteroatoms. The third-order valence-electron chi connectivity index (χ3n) is 4.18. The van der Waals surface area contributed by atoms with E-state index in [9.17, 15) is 0 Å². The minimum absolute atomic E-state index is 0.229. The number of pyridine rings is 1. The van der Waals surface area contributed by atoms with Gasteiger partial charge in [0.15, 0.2) is 5.11 Å². The zero-order valence-corrected chi connectivity index (χ0v) is 15.2. The Balaban J connectivity index is 1.69. The number of methoxy groups -OCH3 is 1. The van der Waals surface area contributed by atoms with Crippen LogP contribution in [0.3, 0.4) is 0 Å². The van der Waals surface area contributed by atoms with Gasteiger partial charge in [-0.05, 0) is 54.9 Å². The van der Waals surface area contributed by atoms with Crippen molar-refractivity contribution in [1.29, 1.82) is 0 Å². The lowest BCUT2D eigenvalue weighted by Gasteiger charge is -2.28. The van der Waals surface area contributed by atoms with E-state index >= 15 is 0 Å². The average Bonchev–Trinajstić information content (AvgIpc) is 3.16. The number of benzene rings is 1. The first kappa shape index (κ1) is 17.6. The van der Waals surface area contributed by atoms with E-state index in [2.05, 4.69) is 27.3 Å². The maximum atomic E-state index is 5.80. The van der Waals surface area contributed by atoms with Crippen molar-refractivity contribution in [1.82, 2.24) is 9.88 Å². The van der Waals surface area contributed by atoms with Crippen molar-refractivity contribution in [3.05, 3.63) is 54.4 Å². The van der Waals surface area contributed by atoms with Gasteiger partial charge in [0.25, 0.3) is 0 Å². The Hall–Kier alpha value is -2.18. The largest absolute Gasteiger partial charge is 0.497 e. The Morgan fingerprint density at radius 2 is 2.20 bits per heavy atom. The molecule has 2 aromatic rings. The van der Waals surface area contributed by atoms with Crippen LogP contribution in [0.2, 0.25) is 0 Å². The summed E-state index contributed by atoms with van der Waals surface area (Å²) in [7, 11) is 1.67. The maximum absolute atomic E-state index is 5.80. The first-order chi connectivity index (χ1) is 12.2. The summed E-state index contributed by atoms with van der Waals surface area (Å²) in [5.74, 6) is 0.852. The van der Waals surface area contributed by atoms with Gasteiger partial charge >= 0.3 is 0 Å². The fourth-order valence-electron chi connectivity index (χ4n) is 2.84. The second kappa shape index (κ2) is 8.78. The molecule has 0 aliphatic carbocycles. The van der Waals surface area contributed by atoms with Gasteiger partial charge in [0.1, 0.15) is 5.75 Å². The quantitative estimate of drug-likeness (QED) is 0.799. The van der Waals surface area contributed by atoms with Gasteiger partial charge in [-0.1, -0.05) is 12.1 Å². The molecule has 1 saturated heterocycles. The lowest BCUT2D eigenvalue weighted by Crippen LogP contribution is -2.39. The second-order valence-corrected chi connectivity index (χ2v) is 6.42. The molecule has 1 aliphatic rings. The number of ether oxygens (including phenoxy) is 2. The smallest absolute Gasteiger partial charge is 0.173 e. The highest BCUT2D eigenvalue weighted by Crippen LogP contribution is 2.18. The number of rotatable bonds is 6. The summed E-state index contributed by atoms with van der Waals surface area (Å²) in [6, 6.07) is 11.9. The molecule has 3 rings (SSSR count). The minimum atomic E-state index is 0.229. The Bertz CT molecular complexity index is 673. The molecule has 1 aliphatic heterocycles. The van der Waals surface area contributed by atoms with E-state index in [0.717, 1.165) is 44.0 Å². The number of nitrogens with one attached hydrogen (secondary N) is 1. The molecule has 1 aromatic carbocycles. The predicted octanol–water partition coefficient (Wildman–Crippen LogP) is 3.47. The Kier molecular flexibility index (Phi) is 6.19. The summed E-state index contributed by atoms with van der Waals surface area (Å²) < 4.78 is 11.0. The fraction of sp³-hybridized carbons (Fsp3) is 0.368. The Morgan fingerprint density at radius 1 is 1.36 bits per heavy atom. The van der Waals surface area contributed by atoms with Crippen LogP contribution in [0, 0.1) is 0 Å². The summed E-state index contributed by atoms with van der Waals surface area (Å²) in [4.78, 5) is 6.28. The van der Waals surface area contributed by atoms with Crippen LogP contribution >= 0.6 is 12.2 Å². The van der Waals surface area contributed by atoms with Crippen molar-refractivity contribution >= 4 is 23.0 Å². The monoisotopic (exact) mass is 357 g/mol. The lowest BCUT2D eigenvalue weighted by atomic mass is 10.2. The fourth-order valence-corrected chi connectivity index (χ4v) is 3.10. The number of thiocarbonyl (C=S) groups is 1. The van der Waals surface area contributed by atoms with Gasteiger partial charge in [-0.2, -0.15) is 0 Å². The Morgan fingerprint density at radius 3 is 2.84 bits per heavy atom. The SMILES string of the molecule is COc1ccc(CN(C[C@@H]2CCCO2)C(=S)Nc2cccnc2)cc1. The molecular weight excluding hydrogens is 334 g/mol. The van der Waals surface area contributed by atoms with E-state index in [-0.39, 0.29) is 6.10 Å². The number of aromatic nitrogens is 1. The van der Waals surface area contributed by atoms with E-state index in [1.165, 1.54) is 5.56 Å². The topological polar surface area (TPSA) is 46.6 Å². The summed E-state index contributed by atoms with van der Waals surface area (Å²) in [5.41, 5.74) is 2.06. The van der Waals surface area contributed by atoms with Crippen LogP contribution in [0.25, 0.3) is 0 Å². The molecule has 1 aromatic heterocycles. The number of hydrogen-bond donors (Lipinski definition) is 1. The first-order valence-electron chi connectivity index (χ1n) is 8.45. The Labute approximate surface area is 154 Å². The van der Waals surface area contributed by atoms with Crippen LogP contribution in [-0.2, 0) is 11.3 Å². The highest BCUT2D eigenvalue weighted by molar-refractivity contribution is 7.80.